The van der Waals surface area contributed by atoms with E-state index in [-0.39, 0.29) is 18.2 Å². The number of nitrogens with zero attached hydrogens (tertiary/aromatic N) is 1. The average molecular weight is 458 g/mol. The number of rotatable bonds is 9. The number of nitrogens with one attached hydrogen (secondary N) is 1. The smallest absolute Gasteiger partial charge is 0.307 e. The number of fused-ring (bicyclic) bond motifs is 1. The van der Waals surface area contributed by atoms with Gasteiger partial charge in [0.25, 0.3) is 0 Å². The molecule has 0 saturated heterocycles. The zero-order chi connectivity index (χ0) is 23.9. The van der Waals surface area contributed by atoms with E-state index < -0.39 is 5.91 Å². The predicted molar refractivity (Wildman–Crippen MR) is 129 cm³/mol. The second-order valence-corrected chi connectivity index (χ2v) is 7.47. The summed E-state index contributed by atoms with van der Waals surface area (Å²) < 4.78 is 30.5. The van der Waals surface area contributed by atoms with E-state index in [0.717, 1.165) is 10.9 Å². The summed E-state index contributed by atoms with van der Waals surface area (Å²) in [6, 6.07) is 18.9. The van der Waals surface area contributed by atoms with Crippen LogP contribution in [0.3, 0.4) is 0 Å². The lowest BCUT2D eigenvalue weighted by Crippen LogP contribution is -2.16. The van der Waals surface area contributed by atoms with Crippen molar-refractivity contribution in [3.63, 3.8) is 0 Å². The molecule has 4 aromatic rings. The highest BCUT2D eigenvalue weighted by Crippen LogP contribution is 2.34. The van der Waals surface area contributed by atoms with E-state index >= 15 is 0 Å². The molecule has 6 nitrogen and oxygen atoms in total. The Kier molecular flexibility index (Phi) is 7.03. The van der Waals surface area contributed by atoms with Gasteiger partial charge in [-0.1, -0.05) is 36.4 Å². The number of hydrogen-bond acceptors (Lipinski definition) is 5. The molecule has 34 heavy (non-hydrogen) atoms. The summed E-state index contributed by atoms with van der Waals surface area (Å²) in [7, 11) is 1.53. The maximum atomic E-state index is 13.5. The first kappa shape index (κ1) is 22.8. The molecule has 1 N–H and O–H groups in total. The Bertz CT molecular complexity index is 1330. The highest BCUT2D eigenvalue weighted by atomic mass is 19.1. The van der Waals surface area contributed by atoms with E-state index in [9.17, 15) is 9.18 Å². The number of hydrogen-bond donors (Lipinski definition) is 1. The van der Waals surface area contributed by atoms with Gasteiger partial charge in [0, 0.05) is 10.9 Å². The normalized spacial score (nSPS) is 11.0. The van der Waals surface area contributed by atoms with Gasteiger partial charge in [0.15, 0.2) is 17.3 Å². The van der Waals surface area contributed by atoms with Crippen LogP contribution in [-0.4, -0.2) is 19.2 Å². The van der Waals surface area contributed by atoms with Crippen LogP contribution in [-0.2, 0) is 13.0 Å². The van der Waals surface area contributed by atoms with Crippen LogP contribution in [0, 0.1) is 5.82 Å². The van der Waals surface area contributed by atoms with Gasteiger partial charge in [0.05, 0.1) is 13.3 Å². The molecular formula is C27H23FN2O4. The third kappa shape index (κ3) is 5.32. The molecule has 0 spiro atoms. The number of carbonyl (C=O) groups excluding carboxylic acids is 1. The largest absolute Gasteiger partial charge is 0.493 e. The van der Waals surface area contributed by atoms with Crippen molar-refractivity contribution in [2.24, 2.45) is 5.10 Å². The number of benzene rings is 3. The molecule has 3 aromatic carbocycles. The minimum absolute atomic E-state index is 0.171. The van der Waals surface area contributed by atoms with Crippen LogP contribution in [0.4, 0.5) is 4.39 Å². The summed E-state index contributed by atoms with van der Waals surface area (Å²) in [6.07, 6.45) is 3.77. The van der Waals surface area contributed by atoms with Crippen molar-refractivity contribution in [2.45, 2.75) is 13.0 Å². The van der Waals surface area contributed by atoms with Gasteiger partial charge in [-0.3, -0.25) is 4.79 Å². The average Bonchev–Trinajstić information content (AvgIpc) is 3.28. The first-order valence-electron chi connectivity index (χ1n) is 10.6. The van der Waals surface area contributed by atoms with Crippen LogP contribution in [0.15, 0.2) is 88.9 Å². The van der Waals surface area contributed by atoms with Gasteiger partial charge >= 0.3 is 5.91 Å². The van der Waals surface area contributed by atoms with Crippen LogP contribution in [0.1, 0.15) is 27.2 Å². The monoisotopic (exact) mass is 458 g/mol. The van der Waals surface area contributed by atoms with Crippen molar-refractivity contribution in [2.75, 3.05) is 7.11 Å². The van der Waals surface area contributed by atoms with Crippen molar-refractivity contribution in [3.05, 3.63) is 108 Å². The van der Waals surface area contributed by atoms with Crippen LogP contribution >= 0.6 is 0 Å². The summed E-state index contributed by atoms with van der Waals surface area (Å²) in [5.74, 6) is 0.414. The Morgan fingerprint density at radius 2 is 2.00 bits per heavy atom. The van der Waals surface area contributed by atoms with Crippen molar-refractivity contribution in [3.8, 4) is 11.5 Å². The number of allylic oxidation sites excluding steroid dienone is 1. The molecule has 0 unspecified atom stereocenters. The Morgan fingerprint density at radius 3 is 2.76 bits per heavy atom. The molecule has 0 aliphatic heterocycles. The minimum Gasteiger partial charge on any atom is -0.493 e. The van der Waals surface area contributed by atoms with Crippen molar-refractivity contribution in [1.82, 2.24) is 5.43 Å². The van der Waals surface area contributed by atoms with Gasteiger partial charge in [-0.15, -0.1) is 6.58 Å². The maximum absolute atomic E-state index is 13.5. The van der Waals surface area contributed by atoms with Crippen LogP contribution < -0.4 is 14.9 Å². The van der Waals surface area contributed by atoms with E-state index in [1.54, 1.807) is 36.4 Å². The minimum atomic E-state index is -0.458. The number of hydrazone groups is 1. The first-order chi connectivity index (χ1) is 16.6. The van der Waals surface area contributed by atoms with Gasteiger partial charge in [0.1, 0.15) is 18.0 Å². The van der Waals surface area contributed by atoms with Gasteiger partial charge in [-0.25, -0.2) is 9.82 Å². The molecule has 1 aromatic heterocycles. The zero-order valence-electron chi connectivity index (χ0n) is 18.6. The molecule has 0 aliphatic carbocycles. The number of para-hydroxylation sites is 1. The fourth-order valence-electron chi connectivity index (χ4n) is 3.48. The molecular weight excluding hydrogens is 435 g/mol. The lowest BCUT2D eigenvalue weighted by Gasteiger charge is -2.16. The summed E-state index contributed by atoms with van der Waals surface area (Å²) in [4.78, 5) is 12.4. The van der Waals surface area contributed by atoms with Crippen LogP contribution in [0.5, 0.6) is 11.5 Å². The van der Waals surface area contributed by atoms with E-state index in [4.69, 9.17) is 13.9 Å². The fourth-order valence-corrected chi connectivity index (χ4v) is 3.48. The highest BCUT2D eigenvalue weighted by molar-refractivity contribution is 5.96. The summed E-state index contributed by atoms with van der Waals surface area (Å²) in [5.41, 5.74) is 5.31. The fraction of sp³-hybridized carbons (Fsp3) is 0.111. The second kappa shape index (κ2) is 10.5. The molecule has 4 rings (SSSR count). The Labute approximate surface area is 196 Å². The van der Waals surface area contributed by atoms with Crippen LogP contribution in [0.2, 0.25) is 0 Å². The number of carbonyl (C=O) groups is 1. The lowest BCUT2D eigenvalue weighted by atomic mass is 10.1. The zero-order valence-corrected chi connectivity index (χ0v) is 18.6. The number of furan rings is 1. The summed E-state index contributed by atoms with van der Waals surface area (Å²) in [5, 5.41) is 4.89. The molecule has 1 amide bonds. The van der Waals surface area contributed by atoms with E-state index in [0.29, 0.717) is 34.6 Å². The molecule has 0 aliphatic rings. The predicted octanol–water partition coefficient (Wildman–Crippen LogP) is 5.65. The molecule has 172 valence electrons. The maximum Gasteiger partial charge on any atom is 0.307 e. The molecule has 0 fully saturated rings. The highest BCUT2D eigenvalue weighted by Gasteiger charge is 2.14. The van der Waals surface area contributed by atoms with Crippen LogP contribution in [0.25, 0.3) is 11.0 Å². The third-order valence-corrected chi connectivity index (χ3v) is 5.04. The second-order valence-electron chi connectivity index (χ2n) is 7.47. The molecule has 0 atom stereocenters. The van der Waals surface area contributed by atoms with Gasteiger partial charge in [-0.05, 0) is 53.9 Å². The Balaban J connectivity index is 1.50. The summed E-state index contributed by atoms with van der Waals surface area (Å²) >= 11 is 0. The number of halogens is 1. The topological polar surface area (TPSA) is 73.1 Å². The van der Waals surface area contributed by atoms with Gasteiger partial charge < -0.3 is 13.9 Å². The summed E-state index contributed by atoms with van der Waals surface area (Å²) in [6.45, 7) is 3.98. The van der Waals surface area contributed by atoms with Gasteiger partial charge in [-0.2, -0.15) is 5.10 Å². The number of methoxy groups -OCH3 is 1. The van der Waals surface area contributed by atoms with Gasteiger partial charge in [0.2, 0.25) is 0 Å². The van der Waals surface area contributed by atoms with Crippen molar-refractivity contribution in [1.29, 1.82) is 0 Å². The molecule has 0 radical (unpaired) electrons. The third-order valence-electron chi connectivity index (χ3n) is 5.04. The Hall–Kier alpha value is -4.39. The molecule has 1 heterocycles. The SMILES string of the molecule is C=CCc1cc(/C=N/NC(=O)c2cc3ccccc3o2)cc(OC)c1OCc1cccc(F)c1. The number of ether oxygens (including phenoxy) is 2. The quantitative estimate of drug-likeness (QED) is 0.200. The Morgan fingerprint density at radius 1 is 1.15 bits per heavy atom. The molecule has 0 saturated carbocycles. The van der Waals surface area contributed by atoms with Crippen molar-refractivity contribution < 1.29 is 23.1 Å². The van der Waals surface area contributed by atoms with E-state index in [1.807, 2.05) is 24.3 Å². The first-order valence-corrected chi connectivity index (χ1v) is 10.6. The van der Waals surface area contributed by atoms with Crippen molar-refractivity contribution >= 4 is 23.1 Å². The van der Waals surface area contributed by atoms with E-state index in [2.05, 4.69) is 17.1 Å². The molecule has 7 heteroatoms. The molecule has 0 bridgehead atoms. The lowest BCUT2D eigenvalue weighted by molar-refractivity contribution is 0.0929. The van der Waals surface area contributed by atoms with E-state index in [1.165, 1.54) is 25.5 Å². The number of amides is 1. The standard InChI is InChI=1S/C27H23FN2O4/c1-3-7-21-12-19(14-24(32-2)26(21)33-17-18-8-6-10-22(28)13-18)16-29-30-27(31)25-15-20-9-4-5-11-23(20)34-25/h3-6,8-16H,1,7,17H2,2H3,(H,30,31)/b29-16+.